The van der Waals surface area contributed by atoms with Crippen LogP contribution >= 0.6 is 23.6 Å². The number of nitrogens with two attached hydrogens (primary N) is 1. The fourth-order valence-corrected chi connectivity index (χ4v) is 5.94. The first-order chi connectivity index (χ1) is 19.5. The maximum atomic E-state index is 13.6. The van der Waals surface area contributed by atoms with Crippen molar-refractivity contribution in [3.05, 3.63) is 40.0 Å². The van der Waals surface area contributed by atoms with Crippen LogP contribution in [0.3, 0.4) is 0 Å². The van der Waals surface area contributed by atoms with Crippen LogP contribution in [0, 0.1) is 5.41 Å². The van der Waals surface area contributed by atoms with Crippen molar-refractivity contribution in [2.24, 2.45) is 5.41 Å². The van der Waals surface area contributed by atoms with Gasteiger partial charge in [-0.15, -0.1) is 11.3 Å². The maximum Gasteiger partial charge on any atom is 0.453 e. The lowest BCUT2D eigenvalue weighted by atomic mass is 9.85. The van der Waals surface area contributed by atoms with E-state index in [0.717, 1.165) is 4.68 Å². The zero-order chi connectivity index (χ0) is 30.8. The van der Waals surface area contributed by atoms with Gasteiger partial charge in [0.2, 0.25) is 0 Å². The Morgan fingerprint density at radius 1 is 1.21 bits per heavy atom. The van der Waals surface area contributed by atoms with Gasteiger partial charge in [0.25, 0.3) is 0 Å². The standard InChI is InChI=1S/C25H23F5N8O2S2/c1-22(2,21(39)40)9-11-10-42-20(33-11)23(3)13-15(31)34-17(35-16(13)36-19(23)41)14-12-5-4-7-32-18(12)38(37-14)8-6-24(26,27)25(28,29)30/h4-5,7,10H,6,8-9H2,1-3H3,(H,39,40)(H3,31,34,35,36,41). The van der Waals surface area contributed by atoms with E-state index < -0.39 is 41.9 Å². The molecule has 4 aromatic heterocycles. The number of carboxylic acids is 1. The highest BCUT2D eigenvalue weighted by molar-refractivity contribution is 7.80. The number of pyridine rings is 1. The van der Waals surface area contributed by atoms with Gasteiger partial charge in [0.15, 0.2) is 11.5 Å². The number of anilines is 2. The van der Waals surface area contributed by atoms with E-state index >= 15 is 0 Å². The van der Waals surface area contributed by atoms with E-state index in [1.165, 1.54) is 17.5 Å². The number of rotatable bonds is 8. The number of hydrogen-bond donors (Lipinski definition) is 3. The number of carboxylic acid groups (broad SMARTS) is 1. The molecule has 1 aliphatic rings. The fourth-order valence-electron chi connectivity index (χ4n) is 4.58. The summed E-state index contributed by atoms with van der Waals surface area (Å²) in [7, 11) is 0. The molecular weight excluding hydrogens is 603 g/mol. The monoisotopic (exact) mass is 626 g/mol. The van der Waals surface area contributed by atoms with Gasteiger partial charge in [-0.1, -0.05) is 12.2 Å². The molecule has 17 heteroatoms. The molecule has 1 aliphatic heterocycles. The molecule has 0 saturated heterocycles. The maximum absolute atomic E-state index is 13.6. The molecule has 1 atom stereocenters. The number of hydrogen-bond acceptors (Lipinski definition) is 9. The zero-order valence-corrected chi connectivity index (χ0v) is 23.9. The van der Waals surface area contributed by atoms with Gasteiger partial charge >= 0.3 is 18.1 Å². The number of alkyl halides is 5. The number of halogens is 5. The van der Waals surface area contributed by atoms with E-state index in [0.29, 0.717) is 26.6 Å². The molecular formula is C25H23F5N8O2S2. The fraction of sp³-hybridized carbons (Fsp3) is 0.400. The lowest BCUT2D eigenvalue weighted by molar-refractivity contribution is -0.285. The van der Waals surface area contributed by atoms with Crippen molar-refractivity contribution in [1.29, 1.82) is 0 Å². The normalized spacial score (nSPS) is 17.5. The molecule has 1 unspecified atom stereocenters. The number of nitrogens with one attached hydrogen (secondary N) is 1. The Hall–Kier alpha value is -3.86. The molecule has 0 radical (unpaired) electrons. The van der Waals surface area contributed by atoms with Crippen LogP contribution in [-0.4, -0.2) is 57.9 Å². The molecule has 42 heavy (non-hydrogen) atoms. The third-order valence-electron chi connectivity index (χ3n) is 7.08. The van der Waals surface area contributed by atoms with Crippen molar-refractivity contribution in [3.8, 4) is 11.5 Å². The summed E-state index contributed by atoms with van der Waals surface area (Å²) in [5.41, 5.74) is 5.48. The van der Waals surface area contributed by atoms with Crippen molar-refractivity contribution < 1.29 is 31.9 Å². The number of aromatic nitrogens is 6. The Balaban J connectivity index is 1.53. The minimum atomic E-state index is -5.70. The van der Waals surface area contributed by atoms with Gasteiger partial charge in [-0.2, -0.15) is 27.1 Å². The molecule has 222 valence electrons. The van der Waals surface area contributed by atoms with Gasteiger partial charge in [0.05, 0.1) is 27.0 Å². The van der Waals surface area contributed by atoms with Crippen molar-refractivity contribution in [2.75, 3.05) is 11.1 Å². The van der Waals surface area contributed by atoms with Crippen LogP contribution in [0.15, 0.2) is 23.7 Å². The van der Waals surface area contributed by atoms with E-state index in [1.807, 2.05) is 0 Å². The molecule has 0 spiro atoms. The lowest BCUT2D eigenvalue weighted by Gasteiger charge is -2.22. The Bertz CT molecular complexity index is 1740. The van der Waals surface area contributed by atoms with Gasteiger partial charge in [0.1, 0.15) is 27.8 Å². The number of fused-ring (bicyclic) bond motifs is 2. The van der Waals surface area contributed by atoms with Crippen LogP contribution in [0.4, 0.5) is 33.6 Å². The quantitative estimate of drug-likeness (QED) is 0.176. The van der Waals surface area contributed by atoms with Gasteiger partial charge in [0, 0.05) is 31.0 Å². The SMILES string of the molecule is CC(C)(Cc1csc(C2(C)C(=S)Nc3nc(-c4nn(CCC(F)(F)C(F)(F)F)c5ncccc45)nc(N)c32)n1)C(=O)O. The summed E-state index contributed by atoms with van der Waals surface area (Å²) in [4.78, 5) is 29.6. The van der Waals surface area contributed by atoms with Crippen LogP contribution in [-0.2, 0) is 23.2 Å². The van der Waals surface area contributed by atoms with Gasteiger partial charge < -0.3 is 16.2 Å². The van der Waals surface area contributed by atoms with E-state index in [1.54, 1.807) is 38.3 Å². The van der Waals surface area contributed by atoms with Crippen LogP contribution in [0.5, 0.6) is 0 Å². The van der Waals surface area contributed by atoms with Gasteiger partial charge in [-0.05, 0) is 32.9 Å². The van der Waals surface area contributed by atoms with Crippen LogP contribution in [0.2, 0.25) is 0 Å². The zero-order valence-electron chi connectivity index (χ0n) is 22.3. The van der Waals surface area contributed by atoms with Crippen molar-refractivity contribution >= 4 is 57.2 Å². The second kappa shape index (κ2) is 9.86. The summed E-state index contributed by atoms with van der Waals surface area (Å²) in [6, 6.07) is 3.11. The average Bonchev–Trinajstić information content (AvgIpc) is 3.57. The van der Waals surface area contributed by atoms with Crippen molar-refractivity contribution in [3.63, 3.8) is 0 Å². The highest BCUT2D eigenvalue weighted by Crippen LogP contribution is 2.47. The third-order valence-corrected chi connectivity index (χ3v) is 8.70. The molecule has 0 saturated carbocycles. The van der Waals surface area contributed by atoms with Crippen molar-refractivity contribution in [2.45, 2.75) is 57.7 Å². The molecule has 0 fully saturated rings. The summed E-state index contributed by atoms with van der Waals surface area (Å²) in [6.07, 6.45) is -5.70. The Kier molecular flexibility index (Phi) is 6.96. The van der Waals surface area contributed by atoms with E-state index in [9.17, 15) is 31.9 Å². The van der Waals surface area contributed by atoms with Crippen LogP contribution < -0.4 is 11.1 Å². The summed E-state index contributed by atoms with van der Waals surface area (Å²) in [5, 5.41) is 19.4. The third kappa shape index (κ3) is 4.83. The predicted octanol–water partition coefficient (Wildman–Crippen LogP) is 5.23. The molecule has 4 N–H and O–H groups in total. The first-order valence-electron chi connectivity index (χ1n) is 12.4. The molecule has 0 bridgehead atoms. The number of nitrogens with zero attached hydrogens (tertiary/aromatic N) is 6. The largest absolute Gasteiger partial charge is 0.481 e. The highest BCUT2D eigenvalue weighted by Gasteiger charge is 2.57. The topological polar surface area (TPSA) is 145 Å². The van der Waals surface area contributed by atoms with Crippen LogP contribution in [0.25, 0.3) is 22.6 Å². The number of nitrogen functional groups attached to an aromatic ring is 1. The second-order valence-corrected chi connectivity index (χ2v) is 11.9. The smallest absolute Gasteiger partial charge is 0.453 e. The Morgan fingerprint density at radius 2 is 1.93 bits per heavy atom. The summed E-state index contributed by atoms with van der Waals surface area (Å²) in [5.74, 6) is -5.63. The summed E-state index contributed by atoms with van der Waals surface area (Å²) < 4.78 is 66.5. The van der Waals surface area contributed by atoms with Gasteiger partial charge in [-0.25, -0.2) is 24.6 Å². The number of thiocarbonyl (C=S) groups is 1. The first kappa shape index (κ1) is 29.6. The Morgan fingerprint density at radius 3 is 2.60 bits per heavy atom. The number of carbonyl (C=O) groups is 1. The van der Waals surface area contributed by atoms with E-state index in [-0.39, 0.29) is 35.2 Å². The Labute approximate surface area is 244 Å². The second-order valence-electron chi connectivity index (χ2n) is 10.6. The molecule has 0 amide bonds. The highest BCUT2D eigenvalue weighted by atomic mass is 32.1. The molecule has 0 aliphatic carbocycles. The predicted molar refractivity (Wildman–Crippen MR) is 148 cm³/mol. The molecule has 5 rings (SSSR count). The molecule has 0 aromatic carbocycles. The van der Waals surface area contributed by atoms with Crippen molar-refractivity contribution in [1.82, 2.24) is 29.7 Å². The minimum Gasteiger partial charge on any atom is -0.481 e. The number of aliphatic carboxylic acids is 1. The number of thiazole rings is 1. The average molecular weight is 627 g/mol. The molecule has 4 aromatic rings. The summed E-state index contributed by atoms with van der Waals surface area (Å²) >= 11 is 6.93. The van der Waals surface area contributed by atoms with E-state index in [2.05, 4.69) is 30.4 Å². The number of aryl methyl sites for hydroxylation is 1. The molecule has 10 nitrogen and oxygen atoms in total. The van der Waals surface area contributed by atoms with Crippen LogP contribution in [0.1, 0.15) is 43.5 Å². The lowest BCUT2D eigenvalue weighted by Crippen LogP contribution is -2.37. The first-order valence-corrected chi connectivity index (χ1v) is 13.7. The minimum absolute atomic E-state index is 0.0164. The molecule has 5 heterocycles. The van der Waals surface area contributed by atoms with E-state index in [4.69, 9.17) is 18.0 Å². The van der Waals surface area contributed by atoms with Gasteiger partial charge in [-0.3, -0.25) is 4.79 Å². The summed E-state index contributed by atoms with van der Waals surface area (Å²) in [6.45, 7) is 4.21.